The first-order chi connectivity index (χ1) is 9.40. The Morgan fingerprint density at radius 3 is 2.50 bits per heavy atom. The van der Waals surface area contributed by atoms with Crippen molar-refractivity contribution in [2.45, 2.75) is 32.4 Å². The molecule has 0 radical (unpaired) electrons. The summed E-state index contributed by atoms with van der Waals surface area (Å²) in [5.41, 5.74) is 0.249. The maximum atomic E-state index is 14.0. The maximum absolute atomic E-state index is 14.0. The fraction of sp³-hybridized carbons (Fsp3) is 0.600. The number of benzene rings is 1. The van der Waals surface area contributed by atoms with Crippen LogP contribution in [0.1, 0.15) is 31.9 Å². The molecule has 0 bridgehead atoms. The van der Waals surface area contributed by atoms with E-state index in [9.17, 15) is 13.2 Å². The molecule has 0 aromatic heterocycles. The lowest BCUT2D eigenvalue weighted by Crippen LogP contribution is -2.32. The third-order valence-corrected chi connectivity index (χ3v) is 3.92. The summed E-state index contributed by atoms with van der Waals surface area (Å²) >= 11 is 0. The zero-order chi connectivity index (χ0) is 14.9. The molecule has 5 heteroatoms. The molecule has 112 valence electrons. The van der Waals surface area contributed by atoms with Crippen molar-refractivity contribution in [3.63, 3.8) is 0 Å². The van der Waals surface area contributed by atoms with Crippen LogP contribution >= 0.6 is 0 Å². The standard InChI is InChI=1S/C15H21F3N2/c1-9(2)19-8-10-4-5-20(3)15(10)11-6-13(17)14(18)7-12(11)16/h6-7,9-10,15,19H,4-5,8H2,1-3H3. The number of likely N-dealkylation sites (tertiary alicyclic amines) is 1. The number of hydrogen-bond donors (Lipinski definition) is 1. The summed E-state index contributed by atoms with van der Waals surface area (Å²) in [6.45, 7) is 5.66. The van der Waals surface area contributed by atoms with Crippen molar-refractivity contribution in [3.05, 3.63) is 35.1 Å². The minimum absolute atomic E-state index is 0.196. The fourth-order valence-electron chi connectivity index (χ4n) is 2.88. The van der Waals surface area contributed by atoms with Gasteiger partial charge in [-0.05, 0) is 32.0 Å². The highest BCUT2D eigenvalue weighted by Gasteiger charge is 2.35. The zero-order valence-electron chi connectivity index (χ0n) is 12.1. The summed E-state index contributed by atoms with van der Waals surface area (Å²) in [6.07, 6.45) is 0.916. The first-order valence-electron chi connectivity index (χ1n) is 6.98. The molecule has 2 nitrogen and oxygen atoms in total. The molecule has 1 fully saturated rings. The predicted molar refractivity (Wildman–Crippen MR) is 72.9 cm³/mol. The van der Waals surface area contributed by atoms with Crippen LogP contribution in [-0.2, 0) is 0 Å². The summed E-state index contributed by atoms with van der Waals surface area (Å²) in [5.74, 6) is -2.60. The second-order valence-corrected chi connectivity index (χ2v) is 5.82. The molecule has 1 N–H and O–H groups in total. The third kappa shape index (κ3) is 3.15. The molecule has 2 rings (SSSR count). The van der Waals surface area contributed by atoms with Gasteiger partial charge in [-0.2, -0.15) is 0 Å². The molecule has 0 amide bonds. The molecule has 0 spiro atoms. The van der Waals surface area contributed by atoms with Gasteiger partial charge in [-0.3, -0.25) is 4.90 Å². The van der Waals surface area contributed by atoms with E-state index < -0.39 is 17.5 Å². The number of nitrogens with one attached hydrogen (secondary N) is 1. The van der Waals surface area contributed by atoms with Crippen molar-refractivity contribution in [2.75, 3.05) is 20.1 Å². The summed E-state index contributed by atoms with van der Waals surface area (Å²) in [5, 5.41) is 3.34. The van der Waals surface area contributed by atoms with Crippen molar-refractivity contribution in [1.82, 2.24) is 10.2 Å². The van der Waals surface area contributed by atoms with Crippen molar-refractivity contribution < 1.29 is 13.2 Å². The van der Waals surface area contributed by atoms with Crippen molar-refractivity contribution in [3.8, 4) is 0 Å². The molecule has 1 aliphatic rings. The van der Waals surface area contributed by atoms with E-state index in [4.69, 9.17) is 0 Å². The Morgan fingerprint density at radius 2 is 1.85 bits per heavy atom. The highest BCUT2D eigenvalue weighted by atomic mass is 19.2. The normalized spacial score (nSPS) is 23.8. The molecular weight excluding hydrogens is 265 g/mol. The smallest absolute Gasteiger partial charge is 0.161 e. The average Bonchev–Trinajstić information content (AvgIpc) is 2.73. The lowest BCUT2D eigenvalue weighted by atomic mass is 9.93. The Labute approximate surface area is 118 Å². The molecular formula is C15H21F3N2. The summed E-state index contributed by atoms with van der Waals surface area (Å²) in [7, 11) is 1.89. The average molecular weight is 286 g/mol. The number of hydrogen-bond acceptors (Lipinski definition) is 2. The molecule has 1 aromatic carbocycles. The molecule has 0 saturated carbocycles. The minimum atomic E-state index is -1.14. The quantitative estimate of drug-likeness (QED) is 0.856. The third-order valence-electron chi connectivity index (χ3n) is 3.92. The second kappa shape index (κ2) is 6.14. The van der Waals surface area contributed by atoms with Crippen LogP contribution in [0.5, 0.6) is 0 Å². The largest absolute Gasteiger partial charge is 0.314 e. The summed E-state index contributed by atoms with van der Waals surface area (Å²) in [4.78, 5) is 2.00. The van der Waals surface area contributed by atoms with Crippen LogP contribution < -0.4 is 5.32 Å². The highest BCUT2D eigenvalue weighted by Crippen LogP contribution is 2.37. The highest BCUT2D eigenvalue weighted by molar-refractivity contribution is 5.25. The molecule has 1 aromatic rings. The predicted octanol–water partition coefficient (Wildman–Crippen LogP) is 3.09. The van der Waals surface area contributed by atoms with Crippen molar-refractivity contribution in [1.29, 1.82) is 0 Å². The van der Waals surface area contributed by atoms with E-state index >= 15 is 0 Å². The van der Waals surface area contributed by atoms with E-state index in [1.54, 1.807) is 0 Å². The Morgan fingerprint density at radius 1 is 1.20 bits per heavy atom. The van der Waals surface area contributed by atoms with Gasteiger partial charge in [0.25, 0.3) is 0 Å². The van der Waals surface area contributed by atoms with Gasteiger partial charge in [-0.15, -0.1) is 0 Å². The molecule has 1 heterocycles. The summed E-state index contributed by atoms with van der Waals surface area (Å²) in [6, 6.07) is 1.77. The van der Waals surface area contributed by atoms with E-state index in [1.165, 1.54) is 0 Å². The number of nitrogens with zero attached hydrogens (tertiary/aromatic N) is 1. The Hall–Kier alpha value is -1.07. The van der Waals surface area contributed by atoms with E-state index in [1.807, 2.05) is 25.8 Å². The van der Waals surface area contributed by atoms with Gasteiger partial charge >= 0.3 is 0 Å². The van der Waals surface area contributed by atoms with Gasteiger partial charge in [-0.1, -0.05) is 13.8 Å². The summed E-state index contributed by atoms with van der Waals surface area (Å²) < 4.78 is 40.4. The van der Waals surface area contributed by atoms with E-state index in [0.717, 1.165) is 25.6 Å². The molecule has 2 atom stereocenters. The molecule has 0 aliphatic carbocycles. The SMILES string of the molecule is CC(C)NCC1CCN(C)C1c1cc(F)c(F)cc1F. The van der Waals surface area contributed by atoms with Crippen LogP contribution in [0.3, 0.4) is 0 Å². The van der Waals surface area contributed by atoms with Crippen LogP contribution in [0.25, 0.3) is 0 Å². The Kier molecular flexibility index (Phi) is 4.70. The molecule has 1 aliphatic heterocycles. The van der Waals surface area contributed by atoms with Crippen LogP contribution in [0.15, 0.2) is 12.1 Å². The van der Waals surface area contributed by atoms with Crippen LogP contribution in [-0.4, -0.2) is 31.1 Å². The van der Waals surface area contributed by atoms with Gasteiger partial charge in [0.05, 0.1) is 0 Å². The van der Waals surface area contributed by atoms with E-state index in [0.29, 0.717) is 12.1 Å². The number of rotatable bonds is 4. The van der Waals surface area contributed by atoms with Gasteiger partial charge in [0.2, 0.25) is 0 Å². The fourth-order valence-corrected chi connectivity index (χ4v) is 2.88. The van der Waals surface area contributed by atoms with Crippen molar-refractivity contribution >= 4 is 0 Å². The lowest BCUT2D eigenvalue weighted by molar-refractivity contribution is 0.261. The van der Waals surface area contributed by atoms with Gasteiger partial charge in [0.1, 0.15) is 5.82 Å². The van der Waals surface area contributed by atoms with Gasteiger partial charge < -0.3 is 5.32 Å². The first kappa shape index (κ1) is 15.3. The van der Waals surface area contributed by atoms with Crippen molar-refractivity contribution in [2.24, 2.45) is 5.92 Å². The van der Waals surface area contributed by atoms with Gasteiger partial charge in [-0.25, -0.2) is 13.2 Å². The van der Waals surface area contributed by atoms with Gasteiger partial charge in [0.15, 0.2) is 11.6 Å². The monoisotopic (exact) mass is 286 g/mol. The maximum Gasteiger partial charge on any atom is 0.161 e. The van der Waals surface area contributed by atoms with Gasteiger partial charge in [0, 0.05) is 30.3 Å². The minimum Gasteiger partial charge on any atom is -0.314 e. The molecule has 2 unspecified atom stereocenters. The first-order valence-corrected chi connectivity index (χ1v) is 6.98. The number of halogens is 3. The lowest BCUT2D eigenvalue weighted by Gasteiger charge is -2.27. The topological polar surface area (TPSA) is 15.3 Å². The second-order valence-electron chi connectivity index (χ2n) is 5.82. The Bertz CT molecular complexity index is 476. The van der Waals surface area contributed by atoms with E-state index in [-0.39, 0.29) is 17.5 Å². The van der Waals surface area contributed by atoms with Crippen LogP contribution in [0.2, 0.25) is 0 Å². The van der Waals surface area contributed by atoms with Crippen LogP contribution in [0.4, 0.5) is 13.2 Å². The molecule has 1 saturated heterocycles. The molecule has 20 heavy (non-hydrogen) atoms. The van der Waals surface area contributed by atoms with E-state index in [2.05, 4.69) is 5.32 Å². The Balaban J connectivity index is 2.25. The van der Waals surface area contributed by atoms with Crippen LogP contribution in [0, 0.1) is 23.4 Å². The zero-order valence-corrected chi connectivity index (χ0v) is 12.1.